The molecule has 0 aromatic carbocycles. The Labute approximate surface area is 207 Å². The van der Waals surface area contributed by atoms with E-state index in [9.17, 15) is 4.79 Å². The second kappa shape index (κ2) is 9.71. The van der Waals surface area contributed by atoms with Crippen LogP contribution in [0.5, 0.6) is 0 Å². The molecule has 9 atom stereocenters. The van der Waals surface area contributed by atoms with E-state index in [0.717, 1.165) is 48.9 Å². The van der Waals surface area contributed by atoms with Gasteiger partial charge in [0.15, 0.2) is 0 Å². The molecular weight excluding hydrogens is 428 g/mol. The zero-order chi connectivity index (χ0) is 24.0. The van der Waals surface area contributed by atoms with Crippen molar-refractivity contribution in [2.24, 2.45) is 52.3 Å². The summed E-state index contributed by atoms with van der Waals surface area (Å²) in [5.41, 5.74) is 1.67. The molecule has 3 saturated carbocycles. The maximum Gasteiger partial charge on any atom is 0.404 e. The Morgan fingerprint density at radius 1 is 1.12 bits per heavy atom. The summed E-state index contributed by atoms with van der Waals surface area (Å²) < 4.78 is 5.39. The molecule has 0 spiro atoms. The number of ether oxygens (including phenoxy) is 1. The van der Waals surface area contributed by atoms with E-state index in [1.165, 1.54) is 38.5 Å². The summed E-state index contributed by atoms with van der Waals surface area (Å²) in [4.78, 5) is 11.3. The minimum absolute atomic E-state index is 0.0268. The summed E-state index contributed by atoms with van der Waals surface area (Å²) in [7, 11) is 0. The summed E-state index contributed by atoms with van der Waals surface area (Å²) in [6, 6.07) is 0. The first-order chi connectivity index (χ1) is 15.6. The molecule has 2 nitrogen and oxygen atoms in total. The normalized spacial score (nSPS) is 42.3. The molecule has 0 saturated heterocycles. The molecule has 0 unspecified atom stereocenters. The maximum atomic E-state index is 11.3. The van der Waals surface area contributed by atoms with Gasteiger partial charge in [0.05, 0.1) is 0 Å². The van der Waals surface area contributed by atoms with Crippen molar-refractivity contribution in [2.75, 3.05) is 0 Å². The van der Waals surface area contributed by atoms with Crippen molar-refractivity contribution in [3.63, 3.8) is 0 Å². The fraction of sp³-hybridized carbons (Fsp3) is 0.833. The average molecular weight is 475 g/mol. The lowest BCUT2D eigenvalue weighted by Gasteiger charge is -2.58. The Balaban J connectivity index is 1.49. The first kappa shape index (κ1) is 25.3. The molecule has 0 aromatic heterocycles. The quantitative estimate of drug-likeness (QED) is 0.283. The van der Waals surface area contributed by atoms with E-state index in [2.05, 4.69) is 59.8 Å². The predicted octanol–water partition coefficient (Wildman–Crippen LogP) is 9.18. The Bertz CT molecular complexity index is 784. The lowest BCUT2D eigenvalue weighted by molar-refractivity contribution is -0.0541. The third kappa shape index (κ3) is 4.60. The summed E-state index contributed by atoms with van der Waals surface area (Å²) >= 11 is 5.52. The van der Waals surface area contributed by atoms with E-state index in [1.807, 2.05) is 0 Å². The van der Waals surface area contributed by atoms with Crippen LogP contribution in [0.15, 0.2) is 23.8 Å². The first-order valence-electron chi connectivity index (χ1n) is 13.8. The van der Waals surface area contributed by atoms with Crippen molar-refractivity contribution in [3.8, 4) is 0 Å². The highest BCUT2D eigenvalue weighted by atomic mass is 35.5. The van der Waals surface area contributed by atoms with Gasteiger partial charge in [-0.3, -0.25) is 0 Å². The minimum Gasteiger partial charge on any atom is -0.450 e. The number of carbonyl (C=O) groups excluding carboxylic acids is 1. The van der Waals surface area contributed by atoms with Crippen molar-refractivity contribution in [3.05, 3.63) is 23.8 Å². The van der Waals surface area contributed by atoms with Crippen molar-refractivity contribution in [2.45, 2.75) is 105 Å². The minimum atomic E-state index is -0.648. The van der Waals surface area contributed by atoms with Crippen molar-refractivity contribution in [1.29, 1.82) is 0 Å². The van der Waals surface area contributed by atoms with Gasteiger partial charge in [-0.2, -0.15) is 0 Å². The molecule has 0 N–H and O–H groups in total. The fourth-order valence-corrected chi connectivity index (χ4v) is 9.17. The topological polar surface area (TPSA) is 26.3 Å². The van der Waals surface area contributed by atoms with Crippen LogP contribution in [0.25, 0.3) is 0 Å². The molecule has 4 rings (SSSR count). The Morgan fingerprint density at radius 3 is 2.55 bits per heavy atom. The molecule has 3 fully saturated rings. The average Bonchev–Trinajstić information content (AvgIpc) is 3.11. The highest BCUT2D eigenvalue weighted by Crippen LogP contribution is 2.67. The zero-order valence-electron chi connectivity index (χ0n) is 21.9. The highest BCUT2D eigenvalue weighted by Gasteiger charge is 2.59. The summed E-state index contributed by atoms with van der Waals surface area (Å²) in [6.45, 7) is 14.7. The lowest BCUT2D eigenvalue weighted by atomic mass is 9.47. The van der Waals surface area contributed by atoms with Crippen molar-refractivity contribution in [1.82, 2.24) is 0 Å². The molecule has 3 heteroatoms. The highest BCUT2D eigenvalue weighted by molar-refractivity contribution is 6.61. The van der Waals surface area contributed by atoms with Crippen molar-refractivity contribution >= 4 is 17.0 Å². The van der Waals surface area contributed by atoms with Gasteiger partial charge < -0.3 is 4.74 Å². The number of rotatable bonds is 6. The van der Waals surface area contributed by atoms with Crippen LogP contribution in [0.4, 0.5) is 4.79 Å². The van der Waals surface area contributed by atoms with Gasteiger partial charge in [0.2, 0.25) is 0 Å². The van der Waals surface area contributed by atoms with Gasteiger partial charge in [-0.1, -0.05) is 65.3 Å². The number of carbonyl (C=O) groups is 1. The van der Waals surface area contributed by atoms with Crippen LogP contribution < -0.4 is 0 Å². The Hall–Kier alpha value is -0.760. The third-order valence-corrected chi connectivity index (χ3v) is 11.1. The van der Waals surface area contributed by atoms with Gasteiger partial charge in [-0.05, 0) is 104 Å². The third-order valence-electron chi connectivity index (χ3n) is 11.0. The zero-order valence-corrected chi connectivity index (χ0v) is 22.7. The molecule has 0 amide bonds. The van der Waals surface area contributed by atoms with E-state index in [-0.39, 0.29) is 11.5 Å². The van der Waals surface area contributed by atoms with Gasteiger partial charge in [-0.15, -0.1) is 0 Å². The second-order valence-electron chi connectivity index (χ2n) is 12.8. The predicted molar refractivity (Wildman–Crippen MR) is 138 cm³/mol. The van der Waals surface area contributed by atoms with Gasteiger partial charge in [0, 0.05) is 18.0 Å². The van der Waals surface area contributed by atoms with E-state index < -0.39 is 5.43 Å². The number of hydrogen-bond acceptors (Lipinski definition) is 2. The molecule has 4 aliphatic carbocycles. The largest absolute Gasteiger partial charge is 0.450 e. The van der Waals surface area contributed by atoms with Crippen molar-refractivity contribution < 1.29 is 9.53 Å². The van der Waals surface area contributed by atoms with Crippen LogP contribution in [0.1, 0.15) is 99.3 Å². The summed E-state index contributed by atoms with van der Waals surface area (Å²) in [6.07, 6.45) is 18.6. The van der Waals surface area contributed by atoms with E-state index in [1.54, 1.807) is 5.57 Å². The van der Waals surface area contributed by atoms with Gasteiger partial charge in [0.1, 0.15) is 6.10 Å². The van der Waals surface area contributed by atoms with Crippen LogP contribution in [0.2, 0.25) is 0 Å². The number of allylic oxidation sites excluding steroid dienone is 3. The first-order valence-corrected chi connectivity index (χ1v) is 14.2. The molecular formula is C30H47ClO2. The smallest absolute Gasteiger partial charge is 0.404 e. The number of hydrogen-bond donors (Lipinski definition) is 0. The molecule has 0 aliphatic heterocycles. The molecule has 0 aromatic rings. The SMILES string of the molecule is CC[C@H](/C=C\[C@@H](C)[C@@H]1CC[C@@H]2[C@H]3CC=C4C[C@@H](OC(=O)Cl)CC[C@]4(C)[C@@H]3CC[C@@]21C)C(C)C. The molecule has 4 aliphatic rings. The Morgan fingerprint density at radius 2 is 1.88 bits per heavy atom. The summed E-state index contributed by atoms with van der Waals surface area (Å²) in [5, 5.41) is 0. The Kier molecular flexibility index (Phi) is 7.46. The molecule has 33 heavy (non-hydrogen) atoms. The van der Waals surface area contributed by atoms with Crippen LogP contribution in [0, 0.1) is 52.3 Å². The van der Waals surface area contributed by atoms with Crippen LogP contribution >= 0.6 is 11.6 Å². The van der Waals surface area contributed by atoms with Gasteiger partial charge in [-0.25, -0.2) is 4.79 Å². The van der Waals surface area contributed by atoms with Gasteiger partial charge >= 0.3 is 5.43 Å². The lowest BCUT2D eigenvalue weighted by Crippen LogP contribution is -2.51. The molecule has 0 bridgehead atoms. The van der Waals surface area contributed by atoms with E-state index in [0.29, 0.717) is 17.3 Å². The van der Waals surface area contributed by atoms with Gasteiger partial charge in [0.25, 0.3) is 0 Å². The van der Waals surface area contributed by atoms with Crippen LogP contribution in [-0.4, -0.2) is 11.5 Å². The van der Waals surface area contributed by atoms with E-state index >= 15 is 0 Å². The van der Waals surface area contributed by atoms with Crippen LogP contribution in [-0.2, 0) is 4.74 Å². The molecule has 0 heterocycles. The molecule has 0 radical (unpaired) electrons. The molecule has 186 valence electrons. The number of halogens is 1. The number of fused-ring (bicyclic) bond motifs is 5. The summed E-state index contributed by atoms with van der Waals surface area (Å²) in [5.74, 6) is 5.41. The fourth-order valence-electron chi connectivity index (χ4n) is 9.05. The standard InChI is InChI=1S/C30H47ClO2/c1-7-21(19(2)3)9-8-20(4)25-12-13-26-24-11-10-22-18-23(33-28(31)32)14-16-29(22,5)27(24)15-17-30(25,26)6/h8-10,19-21,23-27H,7,11-18H2,1-6H3/b9-8-/t20-,21-,23+,24-,25+,26-,27-,29+,30-/m1/s1. The monoisotopic (exact) mass is 474 g/mol. The van der Waals surface area contributed by atoms with Crippen LogP contribution in [0.3, 0.4) is 0 Å². The maximum absolute atomic E-state index is 11.3. The van der Waals surface area contributed by atoms with E-state index in [4.69, 9.17) is 16.3 Å². The second-order valence-corrected chi connectivity index (χ2v) is 13.1.